The van der Waals surface area contributed by atoms with E-state index in [1.807, 2.05) is 30.3 Å². The van der Waals surface area contributed by atoms with Gasteiger partial charge in [0.1, 0.15) is 11.5 Å². The minimum Gasteiger partial charge on any atom is -0.302 e. The Kier molecular flexibility index (Phi) is 2.63. The zero-order valence-electron chi connectivity index (χ0n) is 10.1. The summed E-state index contributed by atoms with van der Waals surface area (Å²) in [6.07, 6.45) is 0. The van der Waals surface area contributed by atoms with Crippen LogP contribution in [0.25, 0.3) is 0 Å². The zero-order chi connectivity index (χ0) is 13.4. The minimum absolute atomic E-state index is 0.148. The molecule has 0 bridgehead atoms. The van der Waals surface area contributed by atoms with Crippen molar-refractivity contribution in [1.29, 1.82) is 5.41 Å². The monoisotopic (exact) mass is 254 g/mol. The Morgan fingerprint density at radius 2 is 1.84 bits per heavy atom. The highest BCUT2D eigenvalue weighted by atomic mass is 19.1. The van der Waals surface area contributed by atoms with Crippen molar-refractivity contribution in [3.63, 3.8) is 0 Å². The fourth-order valence-corrected chi connectivity index (χ4v) is 2.23. The van der Waals surface area contributed by atoms with Gasteiger partial charge in [0.2, 0.25) is 0 Å². The first-order chi connectivity index (χ1) is 9.16. The summed E-state index contributed by atoms with van der Waals surface area (Å²) in [7, 11) is 0. The van der Waals surface area contributed by atoms with Gasteiger partial charge in [-0.3, -0.25) is 10.2 Å². The molecule has 0 spiro atoms. The average molecular weight is 254 g/mol. The van der Waals surface area contributed by atoms with Gasteiger partial charge in [0, 0.05) is 5.56 Å². The van der Waals surface area contributed by atoms with Crippen molar-refractivity contribution in [3.05, 3.63) is 65.5 Å². The number of benzene rings is 2. The van der Waals surface area contributed by atoms with Crippen molar-refractivity contribution in [1.82, 2.24) is 0 Å². The maximum atomic E-state index is 13.2. The molecule has 0 saturated carbocycles. The van der Waals surface area contributed by atoms with Crippen LogP contribution in [0.15, 0.2) is 48.5 Å². The maximum Gasteiger partial charge on any atom is 0.277 e. The molecule has 94 valence electrons. The number of halogens is 1. The lowest BCUT2D eigenvalue weighted by molar-refractivity contribution is -0.112. The van der Waals surface area contributed by atoms with Crippen LogP contribution in [-0.2, 0) is 11.3 Å². The van der Waals surface area contributed by atoms with Crippen LogP contribution < -0.4 is 4.90 Å². The fourth-order valence-electron chi connectivity index (χ4n) is 2.23. The van der Waals surface area contributed by atoms with E-state index in [4.69, 9.17) is 5.41 Å². The molecule has 0 aliphatic carbocycles. The van der Waals surface area contributed by atoms with Crippen LogP contribution in [0.1, 0.15) is 11.1 Å². The van der Waals surface area contributed by atoms with Gasteiger partial charge < -0.3 is 4.90 Å². The van der Waals surface area contributed by atoms with Gasteiger partial charge in [-0.15, -0.1) is 0 Å². The van der Waals surface area contributed by atoms with E-state index in [9.17, 15) is 9.18 Å². The number of rotatable bonds is 2. The first-order valence-corrected chi connectivity index (χ1v) is 5.91. The standard InChI is InChI=1S/C15H11FN2O/c16-11-6-7-13-12(8-11)14(17)15(19)18(13)9-10-4-2-1-3-5-10/h1-8,17H,9H2. The van der Waals surface area contributed by atoms with Crippen LogP contribution in [0, 0.1) is 11.2 Å². The molecule has 19 heavy (non-hydrogen) atoms. The molecule has 1 aliphatic heterocycles. The van der Waals surface area contributed by atoms with E-state index in [2.05, 4.69) is 0 Å². The van der Waals surface area contributed by atoms with E-state index in [-0.39, 0.29) is 11.6 Å². The first-order valence-electron chi connectivity index (χ1n) is 5.91. The van der Waals surface area contributed by atoms with Gasteiger partial charge in [-0.05, 0) is 23.8 Å². The molecule has 2 aromatic rings. The third-order valence-electron chi connectivity index (χ3n) is 3.16. The largest absolute Gasteiger partial charge is 0.302 e. The second-order valence-corrected chi connectivity index (χ2v) is 4.41. The van der Waals surface area contributed by atoms with Gasteiger partial charge in [-0.1, -0.05) is 30.3 Å². The summed E-state index contributed by atoms with van der Waals surface area (Å²) in [6, 6.07) is 13.6. The zero-order valence-corrected chi connectivity index (χ0v) is 10.1. The Balaban J connectivity index is 2.00. The first kappa shape index (κ1) is 11.6. The molecular formula is C15H11FN2O. The number of hydrogen-bond donors (Lipinski definition) is 1. The molecule has 0 atom stereocenters. The lowest BCUT2D eigenvalue weighted by Gasteiger charge is -2.16. The Hall–Kier alpha value is -2.49. The predicted molar refractivity (Wildman–Crippen MR) is 70.9 cm³/mol. The number of nitrogens with zero attached hydrogens (tertiary/aromatic N) is 1. The van der Waals surface area contributed by atoms with Crippen molar-refractivity contribution in [2.45, 2.75) is 6.54 Å². The molecule has 0 fully saturated rings. The quantitative estimate of drug-likeness (QED) is 0.879. The number of nitrogens with one attached hydrogen (secondary N) is 1. The van der Waals surface area contributed by atoms with Crippen molar-refractivity contribution in [3.8, 4) is 0 Å². The van der Waals surface area contributed by atoms with Crippen LogP contribution in [0.5, 0.6) is 0 Å². The summed E-state index contributed by atoms with van der Waals surface area (Å²) in [5.41, 5.74) is 1.78. The van der Waals surface area contributed by atoms with Crippen LogP contribution in [-0.4, -0.2) is 11.6 Å². The summed E-state index contributed by atoms with van der Waals surface area (Å²) in [6.45, 7) is 0.390. The van der Waals surface area contributed by atoms with Crippen molar-refractivity contribution in [2.75, 3.05) is 4.90 Å². The lowest BCUT2D eigenvalue weighted by Crippen LogP contribution is -2.29. The second kappa shape index (κ2) is 4.31. The molecule has 0 unspecified atom stereocenters. The second-order valence-electron chi connectivity index (χ2n) is 4.41. The fraction of sp³-hybridized carbons (Fsp3) is 0.0667. The summed E-state index contributed by atoms with van der Waals surface area (Å²) in [5, 5.41) is 7.77. The maximum absolute atomic E-state index is 13.2. The number of fused-ring (bicyclic) bond motifs is 1. The number of anilines is 1. The van der Waals surface area contributed by atoms with Gasteiger partial charge in [0.25, 0.3) is 5.91 Å². The number of hydrogen-bond acceptors (Lipinski definition) is 2. The van der Waals surface area contributed by atoms with Crippen LogP contribution >= 0.6 is 0 Å². The molecule has 2 aromatic carbocycles. The van der Waals surface area contributed by atoms with E-state index >= 15 is 0 Å². The smallest absolute Gasteiger partial charge is 0.277 e. The summed E-state index contributed by atoms with van der Waals surface area (Å²) in [4.78, 5) is 13.6. The molecule has 0 saturated heterocycles. The number of carbonyl (C=O) groups excluding carboxylic acids is 1. The van der Waals surface area contributed by atoms with Crippen LogP contribution in [0.2, 0.25) is 0 Å². The summed E-state index contributed by atoms with van der Waals surface area (Å²) >= 11 is 0. The topological polar surface area (TPSA) is 44.2 Å². The molecule has 3 rings (SSSR count). The van der Waals surface area contributed by atoms with E-state index in [0.717, 1.165) is 5.56 Å². The van der Waals surface area contributed by atoms with Crippen molar-refractivity contribution < 1.29 is 9.18 Å². The predicted octanol–water partition coefficient (Wildman–Crippen LogP) is 2.74. The Morgan fingerprint density at radius 3 is 2.58 bits per heavy atom. The van der Waals surface area contributed by atoms with Crippen LogP contribution in [0.4, 0.5) is 10.1 Å². The van der Waals surface area contributed by atoms with E-state index in [1.54, 1.807) is 6.07 Å². The summed E-state index contributed by atoms with van der Waals surface area (Å²) < 4.78 is 13.2. The van der Waals surface area contributed by atoms with E-state index in [1.165, 1.54) is 17.0 Å². The molecule has 1 heterocycles. The number of amides is 1. The normalized spacial score (nSPS) is 13.8. The van der Waals surface area contributed by atoms with Gasteiger partial charge in [0.05, 0.1) is 12.2 Å². The Morgan fingerprint density at radius 1 is 1.11 bits per heavy atom. The molecule has 0 aromatic heterocycles. The van der Waals surface area contributed by atoms with Crippen molar-refractivity contribution in [2.24, 2.45) is 0 Å². The van der Waals surface area contributed by atoms with Gasteiger partial charge in [-0.2, -0.15) is 0 Å². The van der Waals surface area contributed by atoms with Gasteiger partial charge >= 0.3 is 0 Å². The minimum atomic E-state index is -0.433. The van der Waals surface area contributed by atoms with Gasteiger partial charge in [0.15, 0.2) is 0 Å². The number of carbonyl (C=O) groups is 1. The molecule has 4 heteroatoms. The Bertz CT molecular complexity index is 667. The molecule has 1 aliphatic rings. The molecular weight excluding hydrogens is 243 g/mol. The third-order valence-corrected chi connectivity index (χ3v) is 3.16. The highest BCUT2D eigenvalue weighted by Crippen LogP contribution is 2.30. The van der Waals surface area contributed by atoms with Crippen LogP contribution in [0.3, 0.4) is 0 Å². The molecule has 1 N–H and O–H groups in total. The SMILES string of the molecule is N=C1C(=O)N(Cc2ccccc2)c2ccc(F)cc21. The molecule has 0 radical (unpaired) electrons. The van der Waals surface area contributed by atoms with E-state index < -0.39 is 5.82 Å². The van der Waals surface area contributed by atoms with Crippen molar-refractivity contribution >= 4 is 17.3 Å². The molecule has 1 amide bonds. The average Bonchev–Trinajstić information content (AvgIpc) is 2.65. The Labute approximate surface area is 109 Å². The highest BCUT2D eigenvalue weighted by Gasteiger charge is 2.32. The third kappa shape index (κ3) is 1.91. The van der Waals surface area contributed by atoms with E-state index in [0.29, 0.717) is 17.8 Å². The highest BCUT2D eigenvalue weighted by molar-refractivity contribution is 6.53. The summed E-state index contributed by atoms with van der Waals surface area (Å²) in [5.74, 6) is -0.817. The van der Waals surface area contributed by atoms with Gasteiger partial charge in [-0.25, -0.2) is 4.39 Å². The lowest BCUT2D eigenvalue weighted by atomic mass is 10.1. The molecule has 3 nitrogen and oxygen atoms in total.